The molecular formula is C25H20F2N2O3. The number of imide groups is 1. The fourth-order valence-corrected chi connectivity index (χ4v) is 3.55. The summed E-state index contributed by atoms with van der Waals surface area (Å²) in [6.07, 6.45) is 0. The van der Waals surface area contributed by atoms with Crippen molar-refractivity contribution in [2.75, 3.05) is 17.3 Å². The summed E-state index contributed by atoms with van der Waals surface area (Å²) in [4.78, 5) is 27.4. The molecule has 5 nitrogen and oxygen atoms in total. The molecule has 0 saturated heterocycles. The first-order valence-electron chi connectivity index (χ1n) is 9.87. The minimum Gasteiger partial charge on any atom is -0.497 e. The average molecular weight is 434 g/mol. The third kappa shape index (κ3) is 3.73. The second kappa shape index (κ2) is 8.26. The number of nitrogens with one attached hydrogen (secondary N) is 1. The first-order valence-corrected chi connectivity index (χ1v) is 9.87. The molecule has 4 rings (SSSR count). The van der Waals surface area contributed by atoms with Gasteiger partial charge in [-0.1, -0.05) is 24.3 Å². The van der Waals surface area contributed by atoms with Gasteiger partial charge in [0.1, 0.15) is 23.1 Å². The molecule has 0 aromatic heterocycles. The highest BCUT2D eigenvalue weighted by molar-refractivity contribution is 6.46. The van der Waals surface area contributed by atoms with Crippen LogP contribution in [-0.4, -0.2) is 18.9 Å². The Balaban J connectivity index is 1.87. The van der Waals surface area contributed by atoms with E-state index < -0.39 is 29.1 Å². The lowest BCUT2D eigenvalue weighted by molar-refractivity contribution is -0.120. The van der Waals surface area contributed by atoms with Gasteiger partial charge in [0.25, 0.3) is 11.8 Å². The van der Waals surface area contributed by atoms with Crippen LogP contribution in [0.1, 0.15) is 16.7 Å². The highest BCUT2D eigenvalue weighted by Gasteiger charge is 2.41. The third-order valence-electron chi connectivity index (χ3n) is 5.26. The molecule has 3 aromatic carbocycles. The number of methoxy groups -OCH3 is 1. The number of hydrogen-bond donors (Lipinski definition) is 1. The van der Waals surface area contributed by atoms with Gasteiger partial charge in [0.15, 0.2) is 0 Å². The molecule has 0 unspecified atom stereocenters. The molecule has 1 aliphatic rings. The van der Waals surface area contributed by atoms with Crippen LogP contribution in [0.25, 0.3) is 5.57 Å². The summed E-state index contributed by atoms with van der Waals surface area (Å²) in [5.74, 6) is -2.59. The summed E-state index contributed by atoms with van der Waals surface area (Å²) in [5, 5.41) is 3.06. The van der Waals surface area contributed by atoms with Gasteiger partial charge >= 0.3 is 0 Å². The smallest absolute Gasteiger partial charge is 0.282 e. The van der Waals surface area contributed by atoms with Crippen LogP contribution >= 0.6 is 0 Å². The van der Waals surface area contributed by atoms with Gasteiger partial charge in [0, 0.05) is 11.8 Å². The lowest BCUT2D eigenvalue weighted by Gasteiger charge is -2.16. The van der Waals surface area contributed by atoms with Crippen molar-refractivity contribution in [3.05, 3.63) is 94.7 Å². The first kappa shape index (κ1) is 21.2. The number of anilines is 2. The van der Waals surface area contributed by atoms with Gasteiger partial charge in [0.2, 0.25) is 0 Å². The summed E-state index contributed by atoms with van der Waals surface area (Å²) in [6, 6.07) is 14.9. The van der Waals surface area contributed by atoms with Crippen LogP contribution in [0.4, 0.5) is 20.2 Å². The summed E-state index contributed by atoms with van der Waals surface area (Å²) >= 11 is 0. The fraction of sp³-hybridized carbons (Fsp3) is 0.120. The van der Waals surface area contributed by atoms with Gasteiger partial charge in [-0.2, -0.15) is 0 Å². The highest BCUT2D eigenvalue weighted by atomic mass is 19.1. The Morgan fingerprint density at radius 1 is 0.875 bits per heavy atom. The van der Waals surface area contributed by atoms with Gasteiger partial charge in [-0.3, -0.25) is 9.59 Å². The quantitative estimate of drug-likeness (QED) is 0.575. The van der Waals surface area contributed by atoms with E-state index in [1.807, 2.05) is 32.0 Å². The van der Waals surface area contributed by atoms with Crippen LogP contribution in [0.3, 0.4) is 0 Å². The zero-order valence-corrected chi connectivity index (χ0v) is 17.7. The maximum atomic E-state index is 14.5. The van der Waals surface area contributed by atoms with Crippen molar-refractivity contribution in [1.29, 1.82) is 0 Å². The predicted molar refractivity (Wildman–Crippen MR) is 118 cm³/mol. The summed E-state index contributed by atoms with van der Waals surface area (Å²) in [7, 11) is 1.51. The zero-order chi connectivity index (χ0) is 23.0. The minimum atomic E-state index is -0.879. The highest BCUT2D eigenvalue weighted by Crippen LogP contribution is 2.36. The van der Waals surface area contributed by atoms with E-state index in [0.717, 1.165) is 29.3 Å². The molecule has 0 radical (unpaired) electrons. The molecule has 7 heteroatoms. The average Bonchev–Trinajstić information content (AvgIpc) is 3.02. The fourth-order valence-electron chi connectivity index (χ4n) is 3.55. The van der Waals surface area contributed by atoms with Crippen LogP contribution in [0.5, 0.6) is 5.75 Å². The van der Waals surface area contributed by atoms with Crippen molar-refractivity contribution >= 4 is 28.8 Å². The minimum absolute atomic E-state index is 0.0162. The number of amides is 2. The number of carbonyl (C=O) groups excluding carboxylic acids is 2. The van der Waals surface area contributed by atoms with E-state index in [2.05, 4.69) is 5.32 Å². The van der Waals surface area contributed by atoms with Gasteiger partial charge in [-0.05, 0) is 60.9 Å². The lowest BCUT2D eigenvalue weighted by Crippen LogP contribution is -2.33. The largest absolute Gasteiger partial charge is 0.497 e. The number of rotatable bonds is 5. The van der Waals surface area contributed by atoms with Crippen molar-refractivity contribution in [2.45, 2.75) is 13.8 Å². The second-order valence-electron chi connectivity index (χ2n) is 7.46. The second-order valence-corrected chi connectivity index (χ2v) is 7.46. The van der Waals surface area contributed by atoms with Crippen molar-refractivity contribution in [1.82, 2.24) is 0 Å². The Morgan fingerprint density at radius 2 is 1.59 bits per heavy atom. The number of benzene rings is 3. The Morgan fingerprint density at radius 3 is 2.28 bits per heavy atom. The molecular weight excluding hydrogens is 414 g/mol. The van der Waals surface area contributed by atoms with Gasteiger partial charge in [-0.15, -0.1) is 0 Å². The normalized spacial score (nSPS) is 13.7. The van der Waals surface area contributed by atoms with E-state index in [0.29, 0.717) is 21.9 Å². The van der Waals surface area contributed by atoms with Crippen LogP contribution < -0.4 is 15.0 Å². The Bertz CT molecular complexity index is 1270. The Kier molecular flexibility index (Phi) is 5.48. The number of hydrogen-bond acceptors (Lipinski definition) is 4. The molecule has 3 aromatic rings. The molecule has 0 saturated carbocycles. The van der Waals surface area contributed by atoms with Crippen LogP contribution in [0, 0.1) is 25.5 Å². The van der Waals surface area contributed by atoms with Crippen molar-refractivity contribution in [3.63, 3.8) is 0 Å². The standard InChI is InChI=1S/C25H20F2N2O3/c1-14-4-5-15(2)20(12-14)28-23-22(16-6-9-18(32-3)10-7-16)24(30)29(25(23)31)21-13-17(26)8-11-19(21)27/h4-13,28H,1-3H3. The molecule has 1 aliphatic heterocycles. The van der Waals surface area contributed by atoms with Crippen molar-refractivity contribution in [3.8, 4) is 5.75 Å². The molecule has 0 fully saturated rings. The van der Waals surface area contributed by atoms with Crippen LogP contribution in [0.15, 0.2) is 66.4 Å². The van der Waals surface area contributed by atoms with E-state index in [-0.39, 0.29) is 11.3 Å². The van der Waals surface area contributed by atoms with E-state index in [4.69, 9.17) is 4.74 Å². The van der Waals surface area contributed by atoms with Crippen LogP contribution in [0.2, 0.25) is 0 Å². The maximum Gasteiger partial charge on any atom is 0.282 e. The summed E-state index contributed by atoms with van der Waals surface area (Å²) in [6.45, 7) is 3.76. The number of halogens is 2. The number of ether oxygens (including phenoxy) is 1. The Hall–Kier alpha value is -4.00. The van der Waals surface area contributed by atoms with Gasteiger partial charge in [0.05, 0.1) is 18.4 Å². The molecule has 0 aliphatic carbocycles. The predicted octanol–water partition coefficient (Wildman–Crippen LogP) is 4.99. The molecule has 0 bridgehead atoms. The SMILES string of the molecule is COc1ccc(C2=C(Nc3cc(C)ccc3C)C(=O)N(c3cc(F)ccc3F)C2=O)cc1. The van der Waals surface area contributed by atoms with Gasteiger partial charge in [-0.25, -0.2) is 13.7 Å². The molecule has 162 valence electrons. The van der Waals surface area contributed by atoms with Crippen molar-refractivity contribution < 1.29 is 23.1 Å². The van der Waals surface area contributed by atoms with Crippen molar-refractivity contribution in [2.24, 2.45) is 0 Å². The molecule has 1 heterocycles. The monoisotopic (exact) mass is 434 g/mol. The number of carbonyl (C=O) groups is 2. The van der Waals surface area contributed by atoms with E-state index in [9.17, 15) is 18.4 Å². The maximum absolute atomic E-state index is 14.5. The molecule has 0 spiro atoms. The third-order valence-corrected chi connectivity index (χ3v) is 5.26. The van der Waals surface area contributed by atoms with E-state index in [1.165, 1.54) is 7.11 Å². The van der Waals surface area contributed by atoms with Crippen LogP contribution in [-0.2, 0) is 9.59 Å². The topological polar surface area (TPSA) is 58.6 Å². The lowest BCUT2D eigenvalue weighted by atomic mass is 10.0. The Labute approximate surface area is 183 Å². The molecule has 1 N–H and O–H groups in total. The number of nitrogens with zero attached hydrogens (tertiary/aromatic N) is 1. The van der Waals surface area contributed by atoms with E-state index >= 15 is 0 Å². The first-order chi connectivity index (χ1) is 15.3. The van der Waals surface area contributed by atoms with Gasteiger partial charge < -0.3 is 10.1 Å². The summed E-state index contributed by atoms with van der Waals surface area (Å²) in [5.41, 5.74) is 2.48. The molecule has 2 amide bonds. The summed E-state index contributed by atoms with van der Waals surface area (Å²) < 4.78 is 33.5. The number of aryl methyl sites for hydroxylation is 2. The molecule has 32 heavy (non-hydrogen) atoms. The zero-order valence-electron chi connectivity index (χ0n) is 17.7. The molecule has 0 atom stereocenters. The van der Waals surface area contributed by atoms with E-state index in [1.54, 1.807) is 24.3 Å².